The molecule has 0 unspecified atom stereocenters. The molecule has 1 aliphatic carbocycles. The van der Waals surface area contributed by atoms with Crippen LogP contribution in [-0.4, -0.2) is 29.2 Å². The molecule has 0 bridgehead atoms. The number of rotatable bonds is 7. The van der Waals surface area contributed by atoms with Gasteiger partial charge in [0.15, 0.2) is 0 Å². The minimum atomic E-state index is -2.55. The molecule has 128 valence electrons. The van der Waals surface area contributed by atoms with Crippen LogP contribution in [0.25, 0.3) is 0 Å². The van der Waals surface area contributed by atoms with Crippen molar-refractivity contribution in [3.8, 4) is 0 Å². The number of halogens is 3. The van der Waals surface area contributed by atoms with Gasteiger partial charge < -0.3 is 4.90 Å². The Morgan fingerprint density at radius 3 is 2.79 bits per heavy atom. The normalized spacial score (nSPS) is 14.2. The Morgan fingerprint density at radius 2 is 2.12 bits per heavy atom. The highest BCUT2D eigenvalue weighted by atomic mass is 32.2. The summed E-state index contributed by atoms with van der Waals surface area (Å²) in [6, 6.07) is 8.03. The molecule has 0 spiro atoms. The summed E-state index contributed by atoms with van der Waals surface area (Å²) in [6.45, 7) is 0.462. The molecule has 1 aliphatic rings. The van der Waals surface area contributed by atoms with Crippen molar-refractivity contribution < 1.29 is 18.0 Å². The molecule has 3 rings (SSSR count). The van der Waals surface area contributed by atoms with Crippen LogP contribution in [0.3, 0.4) is 0 Å². The summed E-state index contributed by atoms with van der Waals surface area (Å²) in [5.41, 5.74) is 0.821. The zero-order valence-corrected chi connectivity index (χ0v) is 14.4. The molecular weight excluding hydrogens is 355 g/mol. The zero-order valence-electron chi connectivity index (χ0n) is 12.8. The minimum absolute atomic E-state index is 0.164. The van der Waals surface area contributed by atoms with Gasteiger partial charge in [-0.15, -0.1) is 11.3 Å². The van der Waals surface area contributed by atoms with E-state index in [4.69, 9.17) is 0 Å². The molecule has 1 aromatic heterocycles. The van der Waals surface area contributed by atoms with Gasteiger partial charge in [-0.2, -0.15) is 8.78 Å². The standard InChI is InChI=1S/C17H16F3NOS2/c18-12-3-1-2-11(10-12)6-8-21(13-4-5-13)16(22)15-14(7-9-23-15)24-17(19)20/h1-3,7,9-10,13,17H,4-6,8H2. The van der Waals surface area contributed by atoms with Crippen LogP contribution in [0.5, 0.6) is 0 Å². The molecule has 2 aromatic rings. The van der Waals surface area contributed by atoms with Gasteiger partial charge in [-0.05, 0) is 48.4 Å². The smallest absolute Gasteiger partial charge is 0.288 e. The van der Waals surface area contributed by atoms with Crippen molar-refractivity contribution in [2.45, 2.75) is 36.0 Å². The first-order valence-electron chi connectivity index (χ1n) is 7.62. The largest absolute Gasteiger partial charge is 0.335 e. The number of hydrogen-bond acceptors (Lipinski definition) is 3. The third-order valence-corrected chi connectivity index (χ3v) is 5.62. The van der Waals surface area contributed by atoms with Crippen LogP contribution in [0.2, 0.25) is 0 Å². The fourth-order valence-corrected chi connectivity index (χ4v) is 4.20. The lowest BCUT2D eigenvalue weighted by atomic mass is 10.1. The molecule has 0 aliphatic heterocycles. The number of benzene rings is 1. The Kier molecular flexibility index (Phi) is 5.50. The fourth-order valence-electron chi connectivity index (χ4n) is 2.55. The molecule has 1 heterocycles. The summed E-state index contributed by atoms with van der Waals surface area (Å²) in [6.07, 6.45) is 2.40. The Morgan fingerprint density at radius 1 is 1.33 bits per heavy atom. The Hall–Kier alpha value is -1.47. The lowest BCUT2D eigenvalue weighted by Gasteiger charge is -2.22. The molecule has 0 N–H and O–H groups in total. The van der Waals surface area contributed by atoms with E-state index < -0.39 is 5.76 Å². The van der Waals surface area contributed by atoms with Gasteiger partial charge >= 0.3 is 0 Å². The lowest BCUT2D eigenvalue weighted by Crippen LogP contribution is -2.34. The number of thioether (sulfide) groups is 1. The summed E-state index contributed by atoms with van der Waals surface area (Å²) in [5.74, 6) is -3.05. The van der Waals surface area contributed by atoms with E-state index in [2.05, 4.69) is 0 Å². The molecule has 1 fully saturated rings. The third-order valence-electron chi connectivity index (χ3n) is 3.82. The van der Waals surface area contributed by atoms with E-state index in [0.717, 1.165) is 18.4 Å². The summed E-state index contributed by atoms with van der Waals surface area (Å²) in [7, 11) is 0. The highest BCUT2D eigenvalue weighted by Gasteiger charge is 2.34. The van der Waals surface area contributed by atoms with Crippen molar-refractivity contribution in [1.29, 1.82) is 0 Å². The van der Waals surface area contributed by atoms with Crippen molar-refractivity contribution in [3.05, 3.63) is 52.0 Å². The second-order valence-electron chi connectivity index (χ2n) is 5.60. The number of thiophene rings is 1. The molecule has 0 atom stereocenters. The van der Waals surface area contributed by atoms with Crippen molar-refractivity contribution in [1.82, 2.24) is 4.90 Å². The van der Waals surface area contributed by atoms with E-state index in [1.807, 2.05) is 6.07 Å². The molecule has 24 heavy (non-hydrogen) atoms. The quantitative estimate of drug-likeness (QED) is 0.635. The highest BCUT2D eigenvalue weighted by Crippen LogP contribution is 2.35. The molecule has 0 saturated heterocycles. The average molecular weight is 371 g/mol. The summed E-state index contributed by atoms with van der Waals surface area (Å²) in [4.78, 5) is 15.2. The SMILES string of the molecule is O=C(c1sccc1SC(F)F)N(CCc1cccc(F)c1)C1CC1. The third kappa shape index (κ3) is 4.33. The predicted molar refractivity (Wildman–Crippen MR) is 90.3 cm³/mol. The number of nitrogens with zero attached hydrogens (tertiary/aromatic N) is 1. The van der Waals surface area contributed by atoms with E-state index in [9.17, 15) is 18.0 Å². The predicted octanol–water partition coefficient (Wildman–Crippen LogP) is 5.05. The van der Waals surface area contributed by atoms with Crippen molar-refractivity contribution in [2.75, 3.05) is 6.54 Å². The van der Waals surface area contributed by atoms with Gasteiger partial charge in [0.1, 0.15) is 10.7 Å². The lowest BCUT2D eigenvalue weighted by molar-refractivity contribution is 0.0747. The molecular formula is C17H16F3NOS2. The maximum atomic E-state index is 13.3. The Balaban J connectivity index is 1.71. The van der Waals surface area contributed by atoms with Crippen LogP contribution in [0.4, 0.5) is 13.2 Å². The first-order valence-corrected chi connectivity index (χ1v) is 9.38. The van der Waals surface area contributed by atoms with Crippen molar-refractivity contribution in [2.24, 2.45) is 0 Å². The summed E-state index contributed by atoms with van der Waals surface area (Å²) < 4.78 is 38.5. The van der Waals surface area contributed by atoms with Gasteiger partial charge in [0.25, 0.3) is 11.7 Å². The number of amides is 1. The van der Waals surface area contributed by atoms with E-state index in [1.54, 1.807) is 22.4 Å². The summed E-state index contributed by atoms with van der Waals surface area (Å²) in [5, 5.41) is 1.66. The molecule has 1 saturated carbocycles. The number of hydrogen-bond donors (Lipinski definition) is 0. The number of carbonyl (C=O) groups is 1. The minimum Gasteiger partial charge on any atom is -0.335 e. The highest BCUT2D eigenvalue weighted by molar-refractivity contribution is 7.99. The fraction of sp³-hybridized carbons (Fsp3) is 0.353. The van der Waals surface area contributed by atoms with Crippen LogP contribution in [0.1, 0.15) is 28.1 Å². The van der Waals surface area contributed by atoms with Crippen LogP contribution in [0.15, 0.2) is 40.6 Å². The van der Waals surface area contributed by atoms with E-state index in [1.165, 1.54) is 23.5 Å². The zero-order chi connectivity index (χ0) is 17.1. The van der Waals surface area contributed by atoms with Gasteiger partial charge in [0.2, 0.25) is 0 Å². The van der Waals surface area contributed by atoms with E-state index in [-0.39, 0.29) is 17.8 Å². The van der Waals surface area contributed by atoms with Gasteiger partial charge in [-0.3, -0.25) is 4.79 Å². The summed E-state index contributed by atoms with van der Waals surface area (Å²) >= 11 is 1.60. The monoisotopic (exact) mass is 371 g/mol. The van der Waals surface area contributed by atoms with Gasteiger partial charge in [0.05, 0.1) is 0 Å². The first kappa shape index (κ1) is 17.4. The van der Waals surface area contributed by atoms with Crippen molar-refractivity contribution >= 4 is 29.0 Å². The van der Waals surface area contributed by atoms with Crippen LogP contribution < -0.4 is 0 Å². The number of alkyl halides is 2. The molecule has 1 aromatic carbocycles. The van der Waals surface area contributed by atoms with Crippen molar-refractivity contribution in [3.63, 3.8) is 0 Å². The second-order valence-corrected chi connectivity index (χ2v) is 7.55. The topological polar surface area (TPSA) is 20.3 Å². The molecule has 0 radical (unpaired) electrons. The Labute approximate surface area is 146 Å². The van der Waals surface area contributed by atoms with Gasteiger partial charge in [-0.1, -0.05) is 23.9 Å². The van der Waals surface area contributed by atoms with Crippen LogP contribution in [0, 0.1) is 5.82 Å². The van der Waals surface area contributed by atoms with Gasteiger partial charge in [-0.25, -0.2) is 4.39 Å². The average Bonchev–Trinajstić information content (AvgIpc) is 3.26. The first-order chi connectivity index (χ1) is 11.5. The molecule has 2 nitrogen and oxygen atoms in total. The van der Waals surface area contributed by atoms with Crippen LogP contribution in [-0.2, 0) is 6.42 Å². The van der Waals surface area contributed by atoms with E-state index in [0.29, 0.717) is 34.5 Å². The Bertz CT molecular complexity index is 715. The van der Waals surface area contributed by atoms with Crippen LogP contribution >= 0.6 is 23.1 Å². The van der Waals surface area contributed by atoms with Gasteiger partial charge in [0, 0.05) is 17.5 Å². The molecule has 1 amide bonds. The molecule has 7 heteroatoms. The number of carbonyl (C=O) groups excluding carboxylic acids is 1. The second kappa shape index (κ2) is 7.61. The van der Waals surface area contributed by atoms with E-state index >= 15 is 0 Å². The maximum Gasteiger partial charge on any atom is 0.288 e. The maximum absolute atomic E-state index is 13.3.